The van der Waals surface area contributed by atoms with Crippen molar-refractivity contribution < 1.29 is 13.2 Å². The van der Waals surface area contributed by atoms with Gasteiger partial charge in [0.15, 0.2) is 0 Å². The molecular formula is C5H13N3O3S. The van der Waals surface area contributed by atoms with Crippen LogP contribution in [0.4, 0.5) is 0 Å². The van der Waals surface area contributed by atoms with E-state index in [0.717, 1.165) is 0 Å². The summed E-state index contributed by atoms with van der Waals surface area (Å²) in [5, 5.41) is 7.43. The predicted molar refractivity (Wildman–Crippen MR) is 44.7 cm³/mol. The molecule has 5 N–H and O–H groups in total. The highest BCUT2D eigenvalue weighted by Gasteiger charge is 2.00. The van der Waals surface area contributed by atoms with E-state index in [0.29, 0.717) is 6.54 Å². The lowest BCUT2D eigenvalue weighted by Crippen LogP contribution is -2.29. The van der Waals surface area contributed by atoms with E-state index in [1.807, 2.05) is 0 Å². The van der Waals surface area contributed by atoms with Crippen LogP contribution in [0.25, 0.3) is 0 Å². The van der Waals surface area contributed by atoms with Gasteiger partial charge in [0.05, 0.1) is 5.75 Å². The molecule has 6 nitrogen and oxygen atoms in total. The molecular weight excluding hydrogens is 182 g/mol. The molecule has 7 heteroatoms. The molecule has 0 aliphatic rings. The van der Waals surface area contributed by atoms with Crippen LogP contribution in [0.3, 0.4) is 0 Å². The van der Waals surface area contributed by atoms with Gasteiger partial charge in [0, 0.05) is 19.5 Å². The Bertz CT molecular complexity index is 236. The summed E-state index contributed by atoms with van der Waals surface area (Å²) in [4.78, 5) is 10.2. The van der Waals surface area contributed by atoms with Crippen LogP contribution in [-0.4, -0.2) is 33.2 Å². The molecule has 0 saturated heterocycles. The number of carbonyl (C=O) groups is 1. The highest BCUT2D eigenvalue weighted by atomic mass is 32.2. The zero-order valence-electron chi connectivity index (χ0n) is 6.62. The van der Waals surface area contributed by atoms with E-state index in [1.54, 1.807) is 0 Å². The lowest BCUT2D eigenvalue weighted by molar-refractivity contribution is -0.117. The summed E-state index contributed by atoms with van der Waals surface area (Å²) in [6.45, 7) is 0.622. The van der Waals surface area contributed by atoms with Crippen LogP contribution < -0.4 is 16.2 Å². The maximum absolute atomic E-state index is 10.4. The van der Waals surface area contributed by atoms with Crippen molar-refractivity contribution in [1.29, 1.82) is 0 Å². The van der Waals surface area contributed by atoms with Crippen LogP contribution in [0.5, 0.6) is 0 Å². The second-order valence-electron chi connectivity index (χ2n) is 2.33. The average molecular weight is 195 g/mol. The minimum absolute atomic E-state index is 0.133. The van der Waals surface area contributed by atoms with E-state index in [9.17, 15) is 13.2 Å². The van der Waals surface area contributed by atoms with Crippen molar-refractivity contribution in [1.82, 2.24) is 5.32 Å². The fourth-order valence-electron chi connectivity index (χ4n) is 0.551. The van der Waals surface area contributed by atoms with E-state index in [2.05, 4.69) is 5.32 Å². The number of primary sulfonamides is 1. The zero-order chi connectivity index (χ0) is 9.61. The van der Waals surface area contributed by atoms with Crippen LogP contribution in [0.15, 0.2) is 0 Å². The van der Waals surface area contributed by atoms with Gasteiger partial charge in [-0.3, -0.25) is 4.79 Å². The van der Waals surface area contributed by atoms with Crippen molar-refractivity contribution in [3.05, 3.63) is 0 Å². The van der Waals surface area contributed by atoms with Crippen LogP contribution in [0, 0.1) is 0 Å². The van der Waals surface area contributed by atoms with Gasteiger partial charge in [0.25, 0.3) is 0 Å². The Morgan fingerprint density at radius 3 is 2.33 bits per heavy atom. The second-order valence-corrected chi connectivity index (χ2v) is 4.07. The first-order chi connectivity index (χ1) is 5.42. The standard InChI is InChI=1S/C5H13N3O3S/c6-5(9)1-2-8-3-4-12(7,10)11/h8H,1-4H2,(H2,6,9)(H2,7,10,11). The molecule has 12 heavy (non-hydrogen) atoms. The Hall–Kier alpha value is -0.660. The summed E-state index contributed by atoms with van der Waals surface area (Å²) >= 11 is 0. The Balaban J connectivity index is 3.29. The lowest BCUT2D eigenvalue weighted by Gasteiger charge is -2.00. The van der Waals surface area contributed by atoms with Gasteiger partial charge < -0.3 is 11.1 Å². The van der Waals surface area contributed by atoms with E-state index in [-0.39, 0.29) is 18.7 Å². The van der Waals surface area contributed by atoms with Gasteiger partial charge in [-0.25, -0.2) is 13.6 Å². The third-order valence-electron chi connectivity index (χ3n) is 1.11. The van der Waals surface area contributed by atoms with Crippen molar-refractivity contribution in [2.24, 2.45) is 10.9 Å². The van der Waals surface area contributed by atoms with Crippen molar-refractivity contribution >= 4 is 15.9 Å². The highest BCUT2D eigenvalue weighted by Crippen LogP contribution is 1.76. The Kier molecular flexibility index (Phi) is 4.79. The molecule has 0 atom stereocenters. The maximum Gasteiger partial charge on any atom is 0.218 e. The smallest absolute Gasteiger partial charge is 0.218 e. The molecule has 72 valence electrons. The van der Waals surface area contributed by atoms with Gasteiger partial charge in [-0.15, -0.1) is 0 Å². The Morgan fingerprint density at radius 1 is 1.33 bits per heavy atom. The van der Waals surface area contributed by atoms with Crippen LogP contribution >= 0.6 is 0 Å². The largest absolute Gasteiger partial charge is 0.370 e. The van der Waals surface area contributed by atoms with Gasteiger partial charge in [0.2, 0.25) is 15.9 Å². The number of sulfonamides is 1. The van der Waals surface area contributed by atoms with Gasteiger partial charge in [0.1, 0.15) is 0 Å². The topological polar surface area (TPSA) is 115 Å². The molecule has 0 rings (SSSR count). The third kappa shape index (κ3) is 9.34. The molecule has 0 aliphatic heterocycles. The number of hydrogen-bond donors (Lipinski definition) is 3. The number of amides is 1. The molecule has 0 radical (unpaired) electrons. The van der Waals surface area contributed by atoms with Gasteiger partial charge in [-0.1, -0.05) is 0 Å². The number of primary amides is 1. The fraction of sp³-hybridized carbons (Fsp3) is 0.800. The minimum Gasteiger partial charge on any atom is -0.370 e. The van der Waals surface area contributed by atoms with Crippen molar-refractivity contribution in [2.45, 2.75) is 6.42 Å². The molecule has 0 bridgehead atoms. The summed E-state index contributed by atoms with van der Waals surface area (Å²) in [5.74, 6) is -0.552. The average Bonchev–Trinajstić information content (AvgIpc) is 1.83. The van der Waals surface area contributed by atoms with Crippen molar-refractivity contribution in [3.63, 3.8) is 0 Å². The minimum atomic E-state index is -3.40. The first-order valence-electron chi connectivity index (χ1n) is 3.41. The first kappa shape index (κ1) is 11.3. The molecule has 0 aromatic carbocycles. The number of nitrogens with two attached hydrogens (primary N) is 2. The van der Waals surface area contributed by atoms with E-state index in [4.69, 9.17) is 10.9 Å². The Labute approximate surface area is 71.4 Å². The normalized spacial score (nSPS) is 11.4. The van der Waals surface area contributed by atoms with E-state index >= 15 is 0 Å². The number of hydrogen-bond acceptors (Lipinski definition) is 4. The van der Waals surface area contributed by atoms with Crippen molar-refractivity contribution in [3.8, 4) is 0 Å². The van der Waals surface area contributed by atoms with Gasteiger partial charge in [-0.2, -0.15) is 0 Å². The quantitative estimate of drug-likeness (QED) is 0.415. The summed E-state index contributed by atoms with van der Waals surface area (Å²) < 4.78 is 20.7. The fourth-order valence-corrected chi connectivity index (χ4v) is 0.980. The summed E-state index contributed by atoms with van der Waals surface area (Å²) in [5.41, 5.74) is 4.84. The molecule has 0 aliphatic carbocycles. The number of nitrogens with one attached hydrogen (secondary N) is 1. The lowest BCUT2D eigenvalue weighted by atomic mass is 10.4. The number of rotatable bonds is 6. The van der Waals surface area contributed by atoms with Crippen LogP contribution in [0.1, 0.15) is 6.42 Å². The molecule has 0 spiro atoms. The van der Waals surface area contributed by atoms with Crippen molar-refractivity contribution in [2.75, 3.05) is 18.8 Å². The third-order valence-corrected chi connectivity index (χ3v) is 1.88. The monoisotopic (exact) mass is 195 g/mol. The predicted octanol–water partition coefficient (Wildman–Crippen LogP) is -2.26. The first-order valence-corrected chi connectivity index (χ1v) is 5.13. The summed E-state index contributed by atoms with van der Waals surface area (Å²) in [7, 11) is -3.40. The van der Waals surface area contributed by atoms with Crippen LogP contribution in [0.2, 0.25) is 0 Å². The second kappa shape index (κ2) is 5.07. The molecule has 0 heterocycles. The van der Waals surface area contributed by atoms with Gasteiger partial charge >= 0.3 is 0 Å². The summed E-state index contributed by atoms with van der Waals surface area (Å²) in [6.07, 6.45) is 0.199. The summed E-state index contributed by atoms with van der Waals surface area (Å²) in [6, 6.07) is 0. The molecule has 0 fully saturated rings. The maximum atomic E-state index is 10.4. The zero-order valence-corrected chi connectivity index (χ0v) is 7.43. The van der Waals surface area contributed by atoms with E-state index in [1.165, 1.54) is 0 Å². The molecule has 0 saturated carbocycles. The molecule has 0 unspecified atom stereocenters. The number of carbonyl (C=O) groups excluding carboxylic acids is 1. The SMILES string of the molecule is NC(=O)CCNCCS(N)(=O)=O. The van der Waals surface area contributed by atoms with Crippen LogP contribution in [-0.2, 0) is 14.8 Å². The van der Waals surface area contributed by atoms with Gasteiger partial charge in [-0.05, 0) is 0 Å². The molecule has 1 amide bonds. The molecule has 0 aromatic heterocycles. The van der Waals surface area contributed by atoms with E-state index < -0.39 is 15.9 Å². The molecule has 0 aromatic rings. The highest BCUT2D eigenvalue weighted by molar-refractivity contribution is 7.89. The Morgan fingerprint density at radius 2 is 1.92 bits per heavy atom.